The summed E-state index contributed by atoms with van der Waals surface area (Å²) < 4.78 is 0. The van der Waals surface area contributed by atoms with Crippen LogP contribution < -0.4 is 10.6 Å². The van der Waals surface area contributed by atoms with E-state index in [0.29, 0.717) is 10.1 Å². The number of thioether (sulfide) groups is 1. The van der Waals surface area contributed by atoms with Crippen LogP contribution in [0.25, 0.3) is 6.08 Å². The van der Waals surface area contributed by atoms with Crippen LogP contribution in [0.4, 0.5) is 10.8 Å². The zero-order chi connectivity index (χ0) is 17.6. The molecule has 2 heterocycles. The van der Waals surface area contributed by atoms with Gasteiger partial charge in [-0.15, -0.1) is 0 Å². The van der Waals surface area contributed by atoms with E-state index in [1.807, 2.05) is 50.5 Å². The highest BCUT2D eigenvalue weighted by Gasteiger charge is 2.24. The number of aliphatic imine (C=N–C) groups is 1. The molecule has 1 fully saturated rings. The number of aromatic nitrogens is 1. The fourth-order valence-electron chi connectivity index (χ4n) is 2.05. The number of amidine groups is 1. The quantitative estimate of drug-likeness (QED) is 0.762. The molecule has 0 unspecified atom stereocenters. The van der Waals surface area contributed by atoms with Crippen molar-refractivity contribution in [2.75, 3.05) is 32.5 Å². The standard InChI is InChI=1S/C17H19N5OS2/c1-22(2)9-8-18-16-19-11-13(24-16)10-14-15(23)21-17(25-14)20-12-6-4-3-5-7-12/h3-7,10-11H,8-9H2,1-2H3,(H,18,19)(H,20,21,23). The predicted octanol–water partition coefficient (Wildman–Crippen LogP) is 3.01. The number of carbonyl (C=O) groups is 1. The van der Waals surface area contributed by atoms with Crippen LogP contribution in [0, 0.1) is 0 Å². The van der Waals surface area contributed by atoms with Gasteiger partial charge in [-0.1, -0.05) is 29.5 Å². The third-order valence-corrected chi connectivity index (χ3v) is 5.08. The molecule has 0 aliphatic carbocycles. The molecule has 0 atom stereocenters. The van der Waals surface area contributed by atoms with Crippen LogP contribution in [-0.4, -0.2) is 48.1 Å². The van der Waals surface area contributed by atoms with Gasteiger partial charge in [0.2, 0.25) is 0 Å². The second-order valence-corrected chi connectivity index (χ2v) is 7.71. The predicted molar refractivity (Wildman–Crippen MR) is 106 cm³/mol. The average molecular weight is 374 g/mol. The van der Waals surface area contributed by atoms with Crippen LogP contribution in [0.5, 0.6) is 0 Å². The summed E-state index contributed by atoms with van der Waals surface area (Å²) in [5, 5.41) is 7.52. The van der Waals surface area contributed by atoms with Crippen LogP contribution in [0.2, 0.25) is 0 Å². The lowest BCUT2D eigenvalue weighted by molar-refractivity contribution is -0.115. The molecule has 1 saturated heterocycles. The molecule has 1 aromatic heterocycles. The Morgan fingerprint density at radius 3 is 2.88 bits per heavy atom. The summed E-state index contributed by atoms with van der Waals surface area (Å²) in [5.74, 6) is -0.129. The molecule has 0 spiro atoms. The SMILES string of the molecule is CN(C)CCNc1ncc(C=C2SC(=Nc3ccccc3)NC2=O)s1. The number of rotatable bonds is 6. The molecule has 0 saturated carbocycles. The number of hydrogen-bond donors (Lipinski definition) is 2. The van der Waals surface area contributed by atoms with Crippen LogP contribution in [0.1, 0.15) is 4.88 Å². The van der Waals surface area contributed by atoms with Crippen molar-refractivity contribution in [2.45, 2.75) is 0 Å². The number of likely N-dealkylation sites (N-methyl/N-ethyl adjacent to an activating group) is 1. The van der Waals surface area contributed by atoms with Crippen LogP contribution in [0.3, 0.4) is 0 Å². The summed E-state index contributed by atoms with van der Waals surface area (Å²) in [6, 6.07) is 9.56. The monoisotopic (exact) mass is 373 g/mol. The summed E-state index contributed by atoms with van der Waals surface area (Å²) in [5.41, 5.74) is 0.816. The maximum absolute atomic E-state index is 12.1. The van der Waals surface area contributed by atoms with Gasteiger partial charge < -0.3 is 15.5 Å². The third kappa shape index (κ3) is 5.15. The molecular weight excluding hydrogens is 354 g/mol. The zero-order valence-corrected chi connectivity index (χ0v) is 15.7. The van der Waals surface area contributed by atoms with E-state index in [9.17, 15) is 4.79 Å². The first kappa shape index (κ1) is 17.7. The van der Waals surface area contributed by atoms with Gasteiger partial charge in [-0.25, -0.2) is 9.98 Å². The Hall–Kier alpha value is -2.16. The fourth-order valence-corrected chi connectivity index (χ4v) is 3.74. The lowest BCUT2D eigenvalue weighted by atomic mass is 10.3. The summed E-state index contributed by atoms with van der Waals surface area (Å²) in [7, 11) is 4.06. The number of nitrogens with one attached hydrogen (secondary N) is 2. The first-order valence-electron chi connectivity index (χ1n) is 7.79. The van der Waals surface area contributed by atoms with Gasteiger partial charge in [0.15, 0.2) is 10.3 Å². The minimum atomic E-state index is -0.129. The number of carbonyl (C=O) groups excluding carboxylic acids is 1. The van der Waals surface area contributed by atoms with Crippen molar-refractivity contribution in [3.63, 3.8) is 0 Å². The third-order valence-electron chi connectivity index (χ3n) is 3.27. The molecule has 1 aliphatic rings. The van der Waals surface area contributed by atoms with Crippen molar-refractivity contribution < 1.29 is 4.79 Å². The van der Waals surface area contributed by atoms with Gasteiger partial charge >= 0.3 is 0 Å². The second kappa shape index (κ2) is 8.28. The highest BCUT2D eigenvalue weighted by molar-refractivity contribution is 8.18. The first-order chi connectivity index (χ1) is 12.1. The van der Waals surface area contributed by atoms with Crippen molar-refractivity contribution in [1.29, 1.82) is 0 Å². The van der Waals surface area contributed by atoms with Crippen LogP contribution >= 0.6 is 23.1 Å². The van der Waals surface area contributed by atoms with Crippen molar-refractivity contribution in [3.05, 3.63) is 46.3 Å². The van der Waals surface area contributed by atoms with Crippen LogP contribution in [0.15, 0.2) is 46.4 Å². The molecule has 25 heavy (non-hydrogen) atoms. The van der Waals surface area contributed by atoms with E-state index >= 15 is 0 Å². The highest BCUT2D eigenvalue weighted by atomic mass is 32.2. The fraction of sp³-hybridized carbons (Fsp3) is 0.235. The maximum atomic E-state index is 12.1. The minimum Gasteiger partial charge on any atom is -0.360 e. The second-order valence-electron chi connectivity index (χ2n) is 5.62. The number of hydrogen-bond acceptors (Lipinski definition) is 7. The van der Waals surface area contributed by atoms with Gasteiger partial charge in [-0.3, -0.25) is 4.79 Å². The number of anilines is 1. The highest BCUT2D eigenvalue weighted by Crippen LogP contribution is 2.30. The van der Waals surface area contributed by atoms with Gasteiger partial charge in [-0.2, -0.15) is 0 Å². The van der Waals surface area contributed by atoms with Crippen molar-refractivity contribution in [2.24, 2.45) is 4.99 Å². The molecule has 3 rings (SSSR count). The molecule has 6 nitrogen and oxygen atoms in total. The smallest absolute Gasteiger partial charge is 0.264 e. The number of para-hydroxylation sites is 1. The molecule has 1 amide bonds. The Bertz CT molecular complexity index is 798. The van der Waals surface area contributed by atoms with Gasteiger partial charge in [0, 0.05) is 19.3 Å². The first-order valence-corrected chi connectivity index (χ1v) is 9.42. The normalized spacial score (nSPS) is 17.5. The Balaban J connectivity index is 1.65. The molecule has 0 radical (unpaired) electrons. The van der Waals surface area contributed by atoms with Gasteiger partial charge in [0.05, 0.1) is 15.5 Å². The van der Waals surface area contributed by atoms with Crippen molar-refractivity contribution >= 4 is 51.1 Å². The number of thiazole rings is 1. The number of benzene rings is 1. The molecular formula is C17H19N5OS2. The van der Waals surface area contributed by atoms with E-state index < -0.39 is 0 Å². The Morgan fingerprint density at radius 2 is 2.12 bits per heavy atom. The Labute approximate surface area is 155 Å². The lowest BCUT2D eigenvalue weighted by Crippen LogP contribution is -2.20. The molecule has 2 aromatic rings. The van der Waals surface area contributed by atoms with Crippen molar-refractivity contribution in [3.8, 4) is 0 Å². The molecule has 0 bridgehead atoms. The van der Waals surface area contributed by atoms with E-state index in [-0.39, 0.29) is 5.91 Å². The van der Waals surface area contributed by atoms with Gasteiger partial charge in [-0.05, 0) is 44.1 Å². The van der Waals surface area contributed by atoms with E-state index in [4.69, 9.17) is 0 Å². The summed E-state index contributed by atoms with van der Waals surface area (Å²) in [6.07, 6.45) is 3.62. The Kier molecular flexibility index (Phi) is 5.85. The van der Waals surface area contributed by atoms with Gasteiger partial charge in [0.1, 0.15) is 0 Å². The largest absolute Gasteiger partial charge is 0.360 e. The Morgan fingerprint density at radius 1 is 1.32 bits per heavy atom. The molecule has 130 valence electrons. The van der Waals surface area contributed by atoms with Crippen LogP contribution in [-0.2, 0) is 4.79 Å². The zero-order valence-electron chi connectivity index (χ0n) is 14.0. The van der Waals surface area contributed by atoms with E-state index in [1.54, 1.807) is 6.20 Å². The van der Waals surface area contributed by atoms with E-state index in [2.05, 4.69) is 25.5 Å². The lowest BCUT2D eigenvalue weighted by Gasteiger charge is -2.08. The number of nitrogens with zero attached hydrogens (tertiary/aromatic N) is 3. The molecule has 1 aromatic carbocycles. The summed E-state index contributed by atoms with van der Waals surface area (Å²) in [6.45, 7) is 1.77. The summed E-state index contributed by atoms with van der Waals surface area (Å²) in [4.78, 5) is 24.6. The summed E-state index contributed by atoms with van der Waals surface area (Å²) >= 11 is 2.87. The molecule has 2 N–H and O–H groups in total. The molecule has 8 heteroatoms. The van der Waals surface area contributed by atoms with E-state index in [1.165, 1.54) is 23.1 Å². The average Bonchev–Trinajstić information content (AvgIpc) is 3.15. The van der Waals surface area contributed by atoms with E-state index in [0.717, 1.165) is 28.8 Å². The maximum Gasteiger partial charge on any atom is 0.264 e. The molecule has 1 aliphatic heterocycles. The topological polar surface area (TPSA) is 69.6 Å². The van der Waals surface area contributed by atoms with Gasteiger partial charge in [0.25, 0.3) is 5.91 Å². The number of amides is 1. The minimum absolute atomic E-state index is 0.129. The van der Waals surface area contributed by atoms with Crippen molar-refractivity contribution in [1.82, 2.24) is 15.2 Å².